The van der Waals surface area contributed by atoms with Crippen LogP contribution in [-0.4, -0.2) is 91.1 Å². The number of phenolic OH excluding ortho intramolecular Hbond substituents is 1. The summed E-state index contributed by atoms with van der Waals surface area (Å²) in [4.78, 5) is 32.1. The summed E-state index contributed by atoms with van der Waals surface area (Å²) in [7, 11) is 0. The molecule has 5 atom stereocenters. The van der Waals surface area contributed by atoms with Crippen LogP contribution in [0.1, 0.15) is 158 Å². The average Bonchev–Trinajstić information content (AvgIpc) is 1.59. The number of phenols is 1. The summed E-state index contributed by atoms with van der Waals surface area (Å²) in [5, 5.41) is 64.0. The number of nitro benzene ring substituents is 1. The van der Waals surface area contributed by atoms with Gasteiger partial charge in [-0.25, -0.2) is 9.59 Å². The number of anilines is 3. The van der Waals surface area contributed by atoms with Gasteiger partial charge >= 0.3 is 11.5 Å². The standard InChI is InChI=1S/C28H29N3O4.C22H21N3O2.C18H15N3O.C7H4ClNO4.2C5H10O/c1-17(18-4-5-18)34-28(32)30-20-8-6-19(7-9-20)27-24(16-29)23-13-12-22(35-26-3-2-14-33-26)15-25(23)31(27)21-10-11-21;23-13-19-18-10-9-17(27-21-2-1-11-26-21)12-20(18)25(16-7-8-16)22(19)14-3-5-15(24)6-4-14;19-10-16-15-8-7-14(22)9-17(15)21(13-5-6-13)18(16)11-1-3-12(20)4-2-11;8-7(10)13-6-3-1-5(2-4-6)9(11)12;1-5-3-2-4-6-5;1-4(6)5-2-3-5/h6-9,12-13,15,17-18,21,26H,2-5,10-11,14H2,1H3,(H,30,32);3-6,9-10,12,16,21H,1-2,7-8,11,24H2;1-4,7-9,13,22H,5-6,20H2;1-4H;5H,2-4H2,1H3;4-6H,2-3H2,1H3. The van der Waals surface area contributed by atoms with E-state index in [1.165, 1.54) is 49.9 Å². The Morgan fingerprint density at radius 2 is 0.954 bits per heavy atom. The molecule has 3 saturated heterocycles. The molecule has 5 aliphatic carbocycles. The van der Waals surface area contributed by atoms with E-state index < -0.39 is 16.4 Å². The molecule has 10 aromatic rings. The third-order valence-electron chi connectivity index (χ3n) is 20.4. The second-order valence-corrected chi connectivity index (χ2v) is 29.2. The zero-order valence-corrected chi connectivity index (χ0v) is 61.9. The number of aromatic hydroxyl groups is 1. The minimum atomic E-state index is -0.978. The number of nitro groups is 1. The van der Waals surface area contributed by atoms with Crippen LogP contribution in [0.5, 0.6) is 23.0 Å². The molecule has 0 radical (unpaired) electrons. The van der Waals surface area contributed by atoms with Crippen molar-refractivity contribution in [2.45, 2.75) is 173 Å². The fourth-order valence-corrected chi connectivity index (χ4v) is 14.0. The lowest BCUT2D eigenvalue weighted by Gasteiger charge is -2.14. The number of fused-ring (bicyclic) bond motifs is 3. The Labute approximate surface area is 637 Å². The molecule has 0 spiro atoms. The second-order valence-electron chi connectivity index (χ2n) is 28.9. The van der Waals surface area contributed by atoms with Crippen LogP contribution < -0.4 is 31.0 Å². The van der Waals surface area contributed by atoms with E-state index in [1.54, 1.807) is 12.1 Å². The number of aromatic nitrogens is 3. The summed E-state index contributed by atoms with van der Waals surface area (Å²) in [6.45, 7) is 8.39. The summed E-state index contributed by atoms with van der Waals surface area (Å²) >= 11 is 4.92. The van der Waals surface area contributed by atoms with Crippen LogP contribution in [0.3, 0.4) is 0 Å². The van der Waals surface area contributed by atoms with Crippen molar-refractivity contribution in [3.63, 3.8) is 0 Å². The van der Waals surface area contributed by atoms with Crippen molar-refractivity contribution in [3.05, 3.63) is 178 Å². The molecule has 0 bridgehead atoms. The molecule has 5 unspecified atom stereocenters. The number of nitrogens with two attached hydrogens (primary N) is 2. The Kier molecular flexibility index (Phi) is 24.0. The topological polar surface area (TPSA) is 333 Å². The van der Waals surface area contributed by atoms with Gasteiger partial charge in [0.05, 0.1) is 80.7 Å². The highest BCUT2D eigenvalue weighted by molar-refractivity contribution is 6.61. The number of non-ortho nitro benzene ring substituents is 1. The minimum absolute atomic E-state index is 0.0370. The molecule has 564 valence electrons. The van der Waals surface area contributed by atoms with Gasteiger partial charge in [-0.1, -0.05) is 36.4 Å². The molecule has 7 aromatic carbocycles. The van der Waals surface area contributed by atoms with Crippen molar-refractivity contribution in [1.82, 2.24) is 13.7 Å². The van der Waals surface area contributed by atoms with Gasteiger partial charge in [0.15, 0.2) is 12.6 Å². The maximum Gasteiger partial charge on any atom is 0.411 e. The summed E-state index contributed by atoms with van der Waals surface area (Å²) in [6.07, 6.45) is 17.4. The van der Waals surface area contributed by atoms with E-state index in [1.807, 2.05) is 123 Å². The molecular formula is C85H89ClN10O13. The molecule has 5 saturated carbocycles. The van der Waals surface area contributed by atoms with Crippen molar-refractivity contribution >= 4 is 78.6 Å². The van der Waals surface area contributed by atoms with Gasteiger partial charge in [0, 0.05) is 113 Å². The SMILES string of the molecule is CC(O)C1CC1.CC(OC(=O)Nc1ccc(-c2c(C#N)c3ccc(OC4CCCO4)cc3n2C2CC2)cc1)C1CC1.CC1CCCO1.N#Cc1c(-c2ccc(N)cc2)n(C2CC2)c2cc(O)ccc12.N#Cc1c(-c2ccc(N)cc2)n(C2CC2)c2cc(OC3CCCO3)ccc12.O=C(Cl)Oc1ccc([N+](=O)[O-])cc1. The highest BCUT2D eigenvalue weighted by Gasteiger charge is 2.35. The van der Waals surface area contributed by atoms with Gasteiger partial charge in [-0.3, -0.25) is 15.4 Å². The molecule has 3 aromatic heterocycles. The van der Waals surface area contributed by atoms with Crippen molar-refractivity contribution in [2.75, 3.05) is 36.6 Å². The first-order valence-corrected chi connectivity index (χ1v) is 37.9. The van der Waals surface area contributed by atoms with Crippen molar-refractivity contribution in [1.29, 1.82) is 15.8 Å². The van der Waals surface area contributed by atoms with Crippen LogP contribution in [-0.2, 0) is 18.9 Å². The Hall–Kier alpha value is -11.1. The fraction of sp³-hybridized carbons (Fsp3) is 0.376. The number of nitrogens with zero attached hydrogens (tertiary/aromatic N) is 7. The maximum atomic E-state index is 12.2. The number of amides is 1. The average molecular weight is 1490 g/mol. The first-order chi connectivity index (χ1) is 52.8. The summed E-state index contributed by atoms with van der Waals surface area (Å²) in [6, 6.07) is 53.5. The summed E-state index contributed by atoms with van der Waals surface area (Å²) < 4.78 is 45.1. The van der Waals surface area contributed by atoms with Crippen molar-refractivity contribution in [3.8, 4) is 75.0 Å². The van der Waals surface area contributed by atoms with E-state index in [4.69, 9.17) is 56.6 Å². The van der Waals surface area contributed by atoms with Gasteiger partial charge in [-0.05, 0) is 224 Å². The third kappa shape index (κ3) is 19.1. The predicted octanol–water partition coefficient (Wildman–Crippen LogP) is 19.1. The molecule has 6 heterocycles. The van der Waals surface area contributed by atoms with Crippen molar-refractivity contribution < 1.29 is 57.9 Å². The molecule has 3 aliphatic heterocycles. The number of benzene rings is 7. The Morgan fingerprint density at radius 3 is 1.29 bits per heavy atom. The van der Waals surface area contributed by atoms with Gasteiger partial charge in [0.1, 0.15) is 47.3 Å². The van der Waals surface area contributed by atoms with Crippen LogP contribution in [0.15, 0.2) is 152 Å². The lowest BCUT2D eigenvalue weighted by atomic mass is 10.1. The number of hydrogen-bond acceptors (Lipinski definition) is 18. The minimum Gasteiger partial charge on any atom is -0.508 e. The number of halogens is 1. The number of carbonyl (C=O) groups is 2. The van der Waals surface area contributed by atoms with E-state index in [-0.39, 0.29) is 42.0 Å². The van der Waals surface area contributed by atoms with Gasteiger partial charge in [0.2, 0.25) is 0 Å². The lowest BCUT2D eigenvalue weighted by Crippen LogP contribution is -2.21. The van der Waals surface area contributed by atoms with Crippen LogP contribution in [0.4, 0.5) is 32.3 Å². The van der Waals surface area contributed by atoms with Crippen molar-refractivity contribution in [2.24, 2.45) is 11.8 Å². The monoisotopic (exact) mass is 1490 g/mol. The number of aliphatic hydroxyl groups excluding tert-OH is 1. The van der Waals surface area contributed by atoms with Crippen LogP contribution >= 0.6 is 11.6 Å². The fourth-order valence-electron chi connectivity index (χ4n) is 14.0. The Morgan fingerprint density at radius 1 is 0.550 bits per heavy atom. The molecule has 24 heteroatoms. The smallest absolute Gasteiger partial charge is 0.411 e. The highest BCUT2D eigenvalue weighted by Crippen LogP contribution is 2.49. The van der Waals surface area contributed by atoms with E-state index in [0.29, 0.717) is 64.1 Å². The van der Waals surface area contributed by atoms with Crippen LogP contribution in [0, 0.1) is 55.9 Å². The zero-order chi connectivity index (χ0) is 76.4. The number of nitrogens with one attached hydrogen (secondary N) is 1. The molecule has 1 amide bonds. The number of rotatable bonds is 16. The van der Waals surface area contributed by atoms with E-state index in [2.05, 4.69) is 55.0 Å². The number of hydrogen-bond donors (Lipinski definition) is 5. The first-order valence-electron chi connectivity index (χ1n) is 37.5. The summed E-state index contributed by atoms with van der Waals surface area (Å²) in [5.74, 6) is 3.10. The first kappa shape index (κ1) is 76.1. The zero-order valence-electron chi connectivity index (χ0n) is 61.2. The Balaban J connectivity index is 0.000000126. The normalized spacial score (nSPS) is 18.7. The second kappa shape index (κ2) is 34.4. The highest BCUT2D eigenvalue weighted by atomic mass is 35.5. The number of carbonyl (C=O) groups excluding carboxylic acids is 2. The largest absolute Gasteiger partial charge is 0.508 e. The lowest BCUT2D eigenvalue weighted by molar-refractivity contribution is -0.384. The summed E-state index contributed by atoms with van der Waals surface area (Å²) in [5.41, 5.74) is 23.4. The van der Waals surface area contributed by atoms with Gasteiger partial charge in [0.25, 0.3) is 5.69 Å². The van der Waals surface area contributed by atoms with E-state index >= 15 is 0 Å². The molecule has 7 N–H and O–H groups in total. The van der Waals surface area contributed by atoms with E-state index in [9.17, 15) is 40.6 Å². The molecule has 23 nitrogen and oxygen atoms in total. The molecule has 109 heavy (non-hydrogen) atoms. The van der Waals surface area contributed by atoms with Gasteiger partial charge in [-0.2, -0.15) is 15.8 Å². The molecular weight excluding hydrogens is 1400 g/mol. The predicted molar refractivity (Wildman–Crippen MR) is 417 cm³/mol. The van der Waals surface area contributed by atoms with Gasteiger partial charge in [-0.15, -0.1) is 0 Å². The van der Waals surface area contributed by atoms with Crippen LogP contribution in [0.2, 0.25) is 0 Å². The number of nitriles is 3. The number of nitrogen functional groups attached to an aromatic ring is 2. The van der Waals surface area contributed by atoms with E-state index in [0.717, 1.165) is 181 Å². The third-order valence-corrected chi connectivity index (χ3v) is 20.5. The molecule has 18 rings (SSSR count). The maximum absolute atomic E-state index is 12.2. The number of aliphatic hydroxyl groups is 1. The molecule has 8 aliphatic rings. The number of ether oxygens (including phenoxy) is 7. The Bertz CT molecular complexity index is 5020. The van der Waals surface area contributed by atoms with Crippen LogP contribution in [0.25, 0.3) is 66.5 Å². The van der Waals surface area contributed by atoms with Gasteiger partial charge < -0.3 is 68.5 Å². The quantitative estimate of drug-likeness (QED) is 0.0260. The molecule has 8 fully saturated rings.